The minimum absolute atomic E-state index is 0.0659. The fourth-order valence-corrected chi connectivity index (χ4v) is 1.68. The van der Waals surface area contributed by atoms with E-state index >= 15 is 0 Å². The molecule has 0 fully saturated rings. The van der Waals surface area contributed by atoms with Crippen LogP contribution < -0.4 is 5.32 Å². The molecule has 1 aromatic heterocycles. The summed E-state index contributed by atoms with van der Waals surface area (Å²) in [5.74, 6) is 0. The molecule has 0 bridgehead atoms. The molecule has 0 radical (unpaired) electrons. The van der Waals surface area contributed by atoms with Crippen molar-refractivity contribution in [1.29, 1.82) is 5.26 Å². The average molecular weight is 220 g/mol. The number of hydrogen-bond donors (Lipinski definition) is 1. The van der Waals surface area contributed by atoms with Crippen LogP contribution in [0.25, 0.3) is 0 Å². The molecule has 0 aliphatic carbocycles. The molecule has 0 aliphatic rings. The molecule has 1 unspecified atom stereocenters. The summed E-state index contributed by atoms with van der Waals surface area (Å²) in [6, 6.07) is 4.27. The van der Waals surface area contributed by atoms with Gasteiger partial charge in [0.1, 0.15) is 0 Å². The first-order valence-corrected chi connectivity index (χ1v) is 5.81. The Morgan fingerprint density at radius 3 is 2.81 bits per heavy atom. The van der Waals surface area contributed by atoms with Crippen molar-refractivity contribution in [3.63, 3.8) is 0 Å². The van der Waals surface area contributed by atoms with Gasteiger partial charge in [-0.1, -0.05) is 6.92 Å². The normalized spacial score (nSPS) is 12.4. The minimum atomic E-state index is -0.0659. The summed E-state index contributed by atoms with van der Waals surface area (Å²) in [5, 5.41) is 16.6. The quantitative estimate of drug-likeness (QED) is 0.795. The van der Waals surface area contributed by atoms with Crippen LogP contribution in [0.2, 0.25) is 0 Å². The first-order valence-electron chi connectivity index (χ1n) is 5.81. The smallest absolute Gasteiger partial charge is 0.0970 e. The Bertz CT molecular complexity index is 362. The van der Waals surface area contributed by atoms with Gasteiger partial charge in [-0.25, -0.2) is 0 Å². The van der Waals surface area contributed by atoms with Gasteiger partial charge >= 0.3 is 0 Å². The molecule has 1 aromatic rings. The highest BCUT2D eigenvalue weighted by Gasteiger charge is 2.07. The largest absolute Gasteiger partial charge is 0.302 e. The maximum Gasteiger partial charge on any atom is 0.0970 e. The van der Waals surface area contributed by atoms with Gasteiger partial charge in [-0.3, -0.25) is 4.68 Å². The third-order valence-electron chi connectivity index (χ3n) is 2.53. The van der Waals surface area contributed by atoms with E-state index in [1.807, 2.05) is 18.5 Å². The predicted molar refractivity (Wildman–Crippen MR) is 64.0 cm³/mol. The Kier molecular flexibility index (Phi) is 5.00. The lowest BCUT2D eigenvalue weighted by Gasteiger charge is -2.11. The molecule has 1 atom stereocenters. The molecule has 0 amide bonds. The number of rotatable bonds is 6. The van der Waals surface area contributed by atoms with Gasteiger partial charge in [0.15, 0.2) is 0 Å². The van der Waals surface area contributed by atoms with Gasteiger partial charge in [0, 0.05) is 12.2 Å². The van der Waals surface area contributed by atoms with Gasteiger partial charge in [-0.2, -0.15) is 10.4 Å². The molecule has 1 N–H and O–H groups in total. The van der Waals surface area contributed by atoms with Crippen molar-refractivity contribution in [2.24, 2.45) is 0 Å². The van der Waals surface area contributed by atoms with Crippen LogP contribution in [0.1, 0.15) is 31.2 Å². The van der Waals surface area contributed by atoms with Crippen LogP contribution in [-0.2, 0) is 6.54 Å². The van der Waals surface area contributed by atoms with Gasteiger partial charge in [0.2, 0.25) is 0 Å². The molecular formula is C12H20N4. The Hall–Kier alpha value is -1.34. The zero-order valence-corrected chi connectivity index (χ0v) is 10.3. The summed E-state index contributed by atoms with van der Waals surface area (Å²) in [5.41, 5.74) is 2.19. The lowest BCUT2D eigenvalue weighted by molar-refractivity contribution is 0.486. The van der Waals surface area contributed by atoms with E-state index in [1.165, 1.54) is 0 Å². The van der Waals surface area contributed by atoms with E-state index in [9.17, 15) is 0 Å². The second-order valence-corrected chi connectivity index (χ2v) is 4.07. The van der Waals surface area contributed by atoms with E-state index in [4.69, 9.17) is 5.26 Å². The van der Waals surface area contributed by atoms with E-state index in [0.29, 0.717) is 0 Å². The van der Waals surface area contributed by atoms with Crippen LogP contribution in [0.3, 0.4) is 0 Å². The van der Waals surface area contributed by atoms with Crippen LogP contribution in [0.15, 0.2) is 6.07 Å². The monoisotopic (exact) mass is 220 g/mol. The van der Waals surface area contributed by atoms with Crippen molar-refractivity contribution in [2.75, 3.05) is 6.54 Å². The topological polar surface area (TPSA) is 53.6 Å². The van der Waals surface area contributed by atoms with Crippen molar-refractivity contribution in [1.82, 2.24) is 15.1 Å². The molecule has 0 aliphatic heterocycles. The molecular weight excluding hydrogens is 200 g/mol. The zero-order valence-electron chi connectivity index (χ0n) is 10.3. The molecule has 0 saturated carbocycles. The number of nitrogens with one attached hydrogen (secondary N) is 1. The SMILES string of the molecule is CCCNC(C#N)CCn1nc(C)cc1C. The zero-order chi connectivity index (χ0) is 12.0. The number of hydrogen-bond acceptors (Lipinski definition) is 3. The molecule has 0 saturated heterocycles. The Morgan fingerprint density at radius 2 is 2.31 bits per heavy atom. The standard InChI is InChI=1S/C12H20N4/c1-4-6-14-12(9-13)5-7-16-11(3)8-10(2)15-16/h8,12,14H,4-7H2,1-3H3. The highest BCUT2D eigenvalue weighted by atomic mass is 15.3. The minimum Gasteiger partial charge on any atom is -0.302 e. The van der Waals surface area contributed by atoms with Gasteiger partial charge in [0.25, 0.3) is 0 Å². The summed E-state index contributed by atoms with van der Waals surface area (Å²) in [4.78, 5) is 0. The molecule has 1 heterocycles. The summed E-state index contributed by atoms with van der Waals surface area (Å²) in [6.45, 7) is 7.83. The number of aromatic nitrogens is 2. The number of nitrogens with zero attached hydrogens (tertiary/aromatic N) is 3. The molecule has 1 rings (SSSR count). The maximum absolute atomic E-state index is 8.96. The Labute approximate surface area is 97.3 Å². The molecule has 16 heavy (non-hydrogen) atoms. The van der Waals surface area contributed by atoms with Crippen LogP contribution in [-0.4, -0.2) is 22.4 Å². The van der Waals surface area contributed by atoms with Gasteiger partial charge < -0.3 is 5.32 Å². The number of nitriles is 1. The predicted octanol–water partition coefficient (Wildman–Crippen LogP) is 1.78. The van der Waals surface area contributed by atoms with Gasteiger partial charge in [0.05, 0.1) is 17.8 Å². The molecule has 4 nitrogen and oxygen atoms in total. The fourth-order valence-electron chi connectivity index (χ4n) is 1.68. The van der Waals surface area contributed by atoms with Crippen molar-refractivity contribution in [2.45, 2.75) is 46.2 Å². The third-order valence-corrected chi connectivity index (χ3v) is 2.53. The summed E-state index contributed by atoms with van der Waals surface area (Å²) in [6.07, 6.45) is 1.86. The van der Waals surface area contributed by atoms with Crippen molar-refractivity contribution >= 4 is 0 Å². The van der Waals surface area contributed by atoms with Crippen molar-refractivity contribution < 1.29 is 0 Å². The van der Waals surface area contributed by atoms with Crippen LogP contribution in [0.4, 0.5) is 0 Å². The van der Waals surface area contributed by atoms with Crippen molar-refractivity contribution in [3.05, 3.63) is 17.5 Å². The van der Waals surface area contributed by atoms with Gasteiger partial charge in [-0.15, -0.1) is 0 Å². The van der Waals surface area contributed by atoms with Gasteiger partial charge in [-0.05, 0) is 39.3 Å². The summed E-state index contributed by atoms with van der Waals surface area (Å²) >= 11 is 0. The highest BCUT2D eigenvalue weighted by Crippen LogP contribution is 2.04. The van der Waals surface area contributed by atoms with Crippen LogP contribution in [0, 0.1) is 25.2 Å². The first kappa shape index (κ1) is 12.7. The lowest BCUT2D eigenvalue weighted by Crippen LogP contribution is -2.29. The van der Waals surface area contributed by atoms with E-state index < -0.39 is 0 Å². The van der Waals surface area contributed by atoms with E-state index in [2.05, 4.69) is 29.5 Å². The Morgan fingerprint density at radius 1 is 1.56 bits per heavy atom. The lowest BCUT2D eigenvalue weighted by atomic mass is 10.2. The first-order chi connectivity index (χ1) is 7.67. The van der Waals surface area contributed by atoms with E-state index in [-0.39, 0.29) is 6.04 Å². The molecule has 0 spiro atoms. The van der Waals surface area contributed by atoms with Crippen LogP contribution >= 0.6 is 0 Å². The average Bonchev–Trinajstić information content (AvgIpc) is 2.58. The second kappa shape index (κ2) is 6.29. The Balaban J connectivity index is 2.43. The van der Waals surface area contributed by atoms with E-state index in [0.717, 1.165) is 37.3 Å². The molecule has 4 heteroatoms. The van der Waals surface area contributed by atoms with Crippen LogP contribution in [0.5, 0.6) is 0 Å². The third kappa shape index (κ3) is 3.67. The fraction of sp³-hybridized carbons (Fsp3) is 0.667. The van der Waals surface area contributed by atoms with E-state index in [1.54, 1.807) is 0 Å². The maximum atomic E-state index is 8.96. The van der Waals surface area contributed by atoms with Crippen molar-refractivity contribution in [3.8, 4) is 6.07 Å². The molecule has 0 aromatic carbocycles. The highest BCUT2D eigenvalue weighted by molar-refractivity contribution is 5.06. The second-order valence-electron chi connectivity index (χ2n) is 4.07. The summed E-state index contributed by atoms with van der Waals surface area (Å²) in [7, 11) is 0. The number of aryl methyl sites for hydroxylation is 3. The summed E-state index contributed by atoms with van der Waals surface area (Å²) < 4.78 is 1.97. The molecule has 88 valence electrons.